The summed E-state index contributed by atoms with van der Waals surface area (Å²) in [5.41, 5.74) is 0. The van der Waals surface area contributed by atoms with E-state index in [-0.39, 0.29) is 6.10 Å². The van der Waals surface area contributed by atoms with E-state index in [1.165, 1.54) is 7.11 Å². The molecule has 1 atom stereocenters. The molecule has 3 nitrogen and oxygen atoms in total. The summed E-state index contributed by atoms with van der Waals surface area (Å²) in [5.74, 6) is -1.58. The van der Waals surface area contributed by atoms with Crippen molar-refractivity contribution in [2.45, 2.75) is 37.6 Å². The Bertz CT molecular complexity index is 111. The molecule has 2 N–H and O–H groups in total. The van der Waals surface area contributed by atoms with Crippen molar-refractivity contribution in [1.29, 1.82) is 0 Å². The molecule has 3 heteroatoms. The quantitative estimate of drug-likeness (QED) is 0.521. The van der Waals surface area contributed by atoms with Crippen molar-refractivity contribution in [3.63, 3.8) is 0 Å². The highest BCUT2D eigenvalue weighted by Crippen LogP contribution is 2.27. The second-order valence-corrected chi connectivity index (χ2v) is 2.85. The van der Waals surface area contributed by atoms with Crippen molar-refractivity contribution in [3.8, 4) is 0 Å². The van der Waals surface area contributed by atoms with E-state index in [1.54, 1.807) is 0 Å². The van der Waals surface area contributed by atoms with E-state index >= 15 is 0 Å². The minimum Gasteiger partial charge on any atom is -0.376 e. The summed E-state index contributed by atoms with van der Waals surface area (Å²) >= 11 is 0. The minimum absolute atomic E-state index is 0.388. The molecule has 0 aromatic heterocycles. The van der Waals surface area contributed by atoms with E-state index < -0.39 is 5.79 Å². The van der Waals surface area contributed by atoms with Crippen LogP contribution in [0.1, 0.15) is 25.7 Å². The number of aliphatic hydroxyl groups is 2. The molecule has 60 valence electrons. The van der Waals surface area contributed by atoms with Gasteiger partial charge >= 0.3 is 0 Å². The molecule has 1 saturated carbocycles. The van der Waals surface area contributed by atoms with Crippen LogP contribution in [0.25, 0.3) is 0 Å². The van der Waals surface area contributed by atoms with Crippen molar-refractivity contribution in [2.24, 2.45) is 0 Å². The zero-order valence-corrected chi connectivity index (χ0v) is 6.21. The van der Waals surface area contributed by atoms with Crippen molar-refractivity contribution in [1.82, 2.24) is 0 Å². The Morgan fingerprint density at radius 2 is 2.10 bits per heavy atom. The van der Waals surface area contributed by atoms with Gasteiger partial charge in [-0.15, -0.1) is 0 Å². The van der Waals surface area contributed by atoms with Gasteiger partial charge in [0.05, 0.1) is 0 Å². The number of hydrogen-bond acceptors (Lipinski definition) is 3. The Balaban J connectivity index is 2.51. The van der Waals surface area contributed by atoms with Crippen LogP contribution in [0.4, 0.5) is 0 Å². The maximum absolute atomic E-state index is 9.26. The predicted molar refractivity (Wildman–Crippen MR) is 36.4 cm³/mol. The third kappa shape index (κ3) is 1.48. The molecule has 0 saturated heterocycles. The van der Waals surface area contributed by atoms with Gasteiger partial charge in [-0.3, -0.25) is 0 Å². The molecule has 1 aliphatic rings. The third-order valence-electron chi connectivity index (χ3n) is 2.06. The fourth-order valence-corrected chi connectivity index (χ4v) is 1.41. The van der Waals surface area contributed by atoms with Gasteiger partial charge in [0.2, 0.25) is 0 Å². The number of ether oxygens (including phenoxy) is 1. The lowest BCUT2D eigenvalue weighted by Gasteiger charge is -2.33. The molecule has 0 spiro atoms. The zero-order chi connectivity index (χ0) is 7.61. The average molecular weight is 146 g/mol. The number of methoxy groups -OCH3 is 1. The van der Waals surface area contributed by atoms with Crippen LogP contribution in [0.15, 0.2) is 0 Å². The van der Waals surface area contributed by atoms with E-state index in [0.29, 0.717) is 6.42 Å². The highest BCUT2D eigenvalue weighted by atomic mass is 16.6. The molecule has 10 heavy (non-hydrogen) atoms. The summed E-state index contributed by atoms with van der Waals surface area (Å²) in [5, 5.41) is 18.5. The number of rotatable bonds is 1. The molecule has 0 aliphatic heterocycles. The number of hydrogen-bond donors (Lipinski definition) is 2. The highest BCUT2D eigenvalue weighted by Gasteiger charge is 2.36. The van der Waals surface area contributed by atoms with E-state index in [2.05, 4.69) is 0 Å². The Labute approximate surface area is 60.6 Å². The SMILES string of the molecule is COC1CCCCC1(O)O. The second kappa shape index (κ2) is 2.86. The van der Waals surface area contributed by atoms with Gasteiger partial charge < -0.3 is 14.9 Å². The summed E-state index contributed by atoms with van der Waals surface area (Å²) in [6.07, 6.45) is 2.71. The largest absolute Gasteiger partial charge is 0.376 e. The van der Waals surface area contributed by atoms with E-state index in [9.17, 15) is 10.2 Å². The minimum atomic E-state index is -1.58. The lowest BCUT2D eigenvalue weighted by molar-refractivity contribution is -0.247. The topological polar surface area (TPSA) is 49.7 Å². The van der Waals surface area contributed by atoms with Crippen LogP contribution in [0.3, 0.4) is 0 Å². The Kier molecular flexibility index (Phi) is 2.28. The molecule has 1 aliphatic carbocycles. The Morgan fingerprint density at radius 1 is 1.40 bits per heavy atom. The van der Waals surface area contributed by atoms with Crippen LogP contribution in [-0.2, 0) is 4.74 Å². The van der Waals surface area contributed by atoms with Gasteiger partial charge in [-0.25, -0.2) is 0 Å². The first kappa shape index (κ1) is 7.98. The fraction of sp³-hybridized carbons (Fsp3) is 1.00. The van der Waals surface area contributed by atoms with Crippen molar-refractivity contribution >= 4 is 0 Å². The summed E-state index contributed by atoms with van der Waals surface area (Å²) in [4.78, 5) is 0. The summed E-state index contributed by atoms with van der Waals surface area (Å²) in [7, 11) is 1.51. The van der Waals surface area contributed by atoms with Crippen molar-refractivity contribution in [2.75, 3.05) is 7.11 Å². The van der Waals surface area contributed by atoms with Gasteiger partial charge in [-0.1, -0.05) is 6.42 Å². The molecular weight excluding hydrogens is 132 g/mol. The van der Waals surface area contributed by atoms with E-state index in [4.69, 9.17) is 4.74 Å². The maximum Gasteiger partial charge on any atom is 0.189 e. The first-order valence-corrected chi connectivity index (χ1v) is 3.64. The maximum atomic E-state index is 9.26. The fourth-order valence-electron chi connectivity index (χ4n) is 1.41. The third-order valence-corrected chi connectivity index (χ3v) is 2.06. The Morgan fingerprint density at radius 3 is 2.50 bits per heavy atom. The van der Waals surface area contributed by atoms with Crippen LogP contribution in [0.2, 0.25) is 0 Å². The predicted octanol–water partition coefficient (Wildman–Crippen LogP) is 0.256. The van der Waals surface area contributed by atoms with Crippen LogP contribution < -0.4 is 0 Å². The second-order valence-electron chi connectivity index (χ2n) is 2.85. The first-order chi connectivity index (χ1) is 4.67. The molecular formula is C7H14O3. The van der Waals surface area contributed by atoms with Crippen LogP contribution in [-0.4, -0.2) is 29.2 Å². The average Bonchev–Trinajstić information content (AvgIpc) is 1.87. The molecule has 1 rings (SSSR count). The van der Waals surface area contributed by atoms with E-state index in [0.717, 1.165) is 19.3 Å². The standard InChI is InChI=1S/C7H14O3/c1-10-6-4-2-3-5-7(6,8)9/h6,8-9H,2-5H2,1H3. The van der Waals surface area contributed by atoms with Gasteiger partial charge in [0.25, 0.3) is 0 Å². The molecule has 0 bridgehead atoms. The van der Waals surface area contributed by atoms with Gasteiger partial charge in [-0.2, -0.15) is 0 Å². The summed E-state index contributed by atoms with van der Waals surface area (Å²) < 4.78 is 4.91. The molecule has 0 heterocycles. The monoisotopic (exact) mass is 146 g/mol. The molecule has 1 fully saturated rings. The van der Waals surface area contributed by atoms with Gasteiger partial charge in [-0.05, 0) is 12.8 Å². The molecule has 1 unspecified atom stereocenters. The molecule has 0 radical (unpaired) electrons. The van der Waals surface area contributed by atoms with Gasteiger partial charge in [0, 0.05) is 13.5 Å². The van der Waals surface area contributed by atoms with Crippen LogP contribution in [0.5, 0.6) is 0 Å². The van der Waals surface area contributed by atoms with Crippen LogP contribution in [0, 0.1) is 0 Å². The first-order valence-electron chi connectivity index (χ1n) is 3.64. The normalized spacial score (nSPS) is 32.1. The summed E-state index contributed by atoms with van der Waals surface area (Å²) in [6.45, 7) is 0. The van der Waals surface area contributed by atoms with Gasteiger partial charge in [0.15, 0.2) is 5.79 Å². The van der Waals surface area contributed by atoms with Crippen LogP contribution >= 0.6 is 0 Å². The van der Waals surface area contributed by atoms with Crippen molar-refractivity contribution in [3.05, 3.63) is 0 Å². The van der Waals surface area contributed by atoms with E-state index in [1.807, 2.05) is 0 Å². The lowest BCUT2D eigenvalue weighted by atomic mass is 9.91. The Hall–Kier alpha value is -0.120. The van der Waals surface area contributed by atoms with Gasteiger partial charge in [0.1, 0.15) is 6.10 Å². The lowest BCUT2D eigenvalue weighted by Crippen LogP contribution is -2.45. The molecule has 0 aromatic rings. The van der Waals surface area contributed by atoms with Crippen molar-refractivity contribution < 1.29 is 14.9 Å². The summed E-state index contributed by atoms with van der Waals surface area (Å²) in [6, 6.07) is 0. The molecule has 0 aromatic carbocycles. The highest BCUT2D eigenvalue weighted by molar-refractivity contribution is 4.80. The smallest absolute Gasteiger partial charge is 0.189 e. The zero-order valence-electron chi connectivity index (χ0n) is 6.21. The molecule has 0 amide bonds.